The summed E-state index contributed by atoms with van der Waals surface area (Å²) in [6.45, 7) is 5.42. The summed E-state index contributed by atoms with van der Waals surface area (Å²) in [7, 11) is 3.67. The van der Waals surface area contributed by atoms with Crippen LogP contribution in [-0.4, -0.2) is 68.6 Å². The lowest BCUT2D eigenvalue weighted by Crippen LogP contribution is -2.48. The zero-order valence-electron chi connectivity index (χ0n) is 26.5. The molecule has 0 spiro atoms. The minimum atomic E-state index is -0.163. The predicted octanol–water partition coefficient (Wildman–Crippen LogP) is 4.81. The molecule has 2 amide bonds. The number of carbonyl (C=O) groups is 2. The van der Waals surface area contributed by atoms with Gasteiger partial charge in [-0.2, -0.15) is 0 Å². The van der Waals surface area contributed by atoms with E-state index in [1.807, 2.05) is 37.1 Å². The fourth-order valence-corrected chi connectivity index (χ4v) is 8.15. The Hall–Kier alpha value is -3.92. The summed E-state index contributed by atoms with van der Waals surface area (Å²) in [5.74, 6) is 3.01. The molecule has 0 radical (unpaired) electrons. The van der Waals surface area contributed by atoms with Crippen molar-refractivity contribution in [3.8, 4) is 17.3 Å². The largest absolute Gasteiger partial charge is 0.494 e. The van der Waals surface area contributed by atoms with Gasteiger partial charge in [0.05, 0.1) is 30.1 Å². The Labute approximate surface area is 263 Å². The average molecular weight is 610 g/mol. The van der Waals surface area contributed by atoms with Crippen molar-refractivity contribution in [3.63, 3.8) is 0 Å². The Bertz CT molecular complexity index is 1810. The second-order valence-corrected chi connectivity index (χ2v) is 13.7. The number of ether oxygens (including phenoxy) is 1. The molecular formula is C35H43N7O3. The third kappa shape index (κ3) is 4.98. The van der Waals surface area contributed by atoms with Crippen LogP contribution in [0.25, 0.3) is 33.6 Å². The molecule has 0 unspecified atom stereocenters. The molecule has 8 rings (SSSR count). The standard InChI is InChI=1S/C35H43N7O3/c1-20-26-9-8-23-17-29(42(32(23)38-26)13-6-4-5-7-22-15-25(22)34(43)37-20)33-39-27-16-24(18-30(45-3)31(27)40(33)2)35(44)41-14-11-21-10-12-36-28(21)19-41/h8-9,16-18,20-22,25,28,36H,4-7,10-15,19H2,1-3H3,(H,37,43)/t20-,21-,22-,25-,28+/m1/s1. The molecule has 1 aromatic carbocycles. The molecule has 4 aromatic rings. The van der Waals surface area contributed by atoms with E-state index in [2.05, 4.69) is 31.9 Å². The molecule has 1 aliphatic carbocycles. The Morgan fingerprint density at radius 1 is 1.02 bits per heavy atom. The first kappa shape index (κ1) is 28.5. The van der Waals surface area contributed by atoms with E-state index in [1.54, 1.807) is 7.11 Å². The van der Waals surface area contributed by atoms with Gasteiger partial charge in [0.2, 0.25) is 5.91 Å². The predicted molar refractivity (Wildman–Crippen MR) is 173 cm³/mol. The van der Waals surface area contributed by atoms with Crippen molar-refractivity contribution in [2.45, 2.75) is 70.5 Å². The number of nitrogens with one attached hydrogen (secondary N) is 2. The first-order chi connectivity index (χ1) is 21.9. The second-order valence-electron chi connectivity index (χ2n) is 13.7. The van der Waals surface area contributed by atoms with Crippen LogP contribution >= 0.6 is 0 Å². The number of nitrogens with zero attached hydrogens (tertiary/aromatic N) is 5. The summed E-state index contributed by atoms with van der Waals surface area (Å²) in [6.07, 6.45) is 7.64. The maximum atomic E-state index is 13.8. The molecule has 3 aromatic heterocycles. The molecule has 10 heteroatoms. The van der Waals surface area contributed by atoms with Crippen LogP contribution in [0.3, 0.4) is 0 Å². The van der Waals surface area contributed by atoms with E-state index in [0.717, 1.165) is 104 Å². The minimum Gasteiger partial charge on any atom is -0.494 e. The summed E-state index contributed by atoms with van der Waals surface area (Å²) in [5, 5.41) is 7.84. The third-order valence-corrected chi connectivity index (χ3v) is 10.9. The van der Waals surface area contributed by atoms with E-state index < -0.39 is 0 Å². The van der Waals surface area contributed by atoms with Crippen LogP contribution in [0.5, 0.6) is 5.75 Å². The fourth-order valence-electron chi connectivity index (χ4n) is 8.15. The second kappa shape index (κ2) is 11.2. The Morgan fingerprint density at radius 3 is 2.78 bits per heavy atom. The maximum Gasteiger partial charge on any atom is 0.254 e. The lowest BCUT2D eigenvalue weighted by atomic mass is 9.92. The number of carbonyl (C=O) groups excluding carboxylic acids is 2. The van der Waals surface area contributed by atoms with Crippen molar-refractivity contribution in [1.82, 2.24) is 34.6 Å². The van der Waals surface area contributed by atoms with E-state index in [1.165, 1.54) is 6.42 Å². The van der Waals surface area contributed by atoms with Crippen molar-refractivity contribution in [2.24, 2.45) is 24.8 Å². The van der Waals surface area contributed by atoms with Crippen LogP contribution in [0.4, 0.5) is 0 Å². The van der Waals surface area contributed by atoms with Gasteiger partial charge in [0, 0.05) is 49.6 Å². The number of aromatic nitrogens is 4. The Balaban J connectivity index is 1.17. The van der Waals surface area contributed by atoms with E-state index in [9.17, 15) is 9.59 Å². The van der Waals surface area contributed by atoms with Crippen LogP contribution < -0.4 is 15.4 Å². The van der Waals surface area contributed by atoms with Crippen LogP contribution in [-0.2, 0) is 18.4 Å². The lowest BCUT2D eigenvalue weighted by Gasteiger charge is -2.35. The molecule has 6 heterocycles. The Morgan fingerprint density at radius 2 is 1.91 bits per heavy atom. The van der Waals surface area contributed by atoms with Crippen LogP contribution in [0, 0.1) is 17.8 Å². The molecule has 1 saturated carbocycles. The van der Waals surface area contributed by atoms with Gasteiger partial charge < -0.3 is 29.4 Å². The number of methoxy groups -OCH3 is 1. The highest BCUT2D eigenvalue weighted by molar-refractivity contribution is 6.00. The lowest BCUT2D eigenvalue weighted by molar-refractivity contribution is -0.123. The highest BCUT2D eigenvalue weighted by Gasteiger charge is 2.42. The first-order valence-electron chi connectivity index (χ1n) is 16.8. The Kier molecular flexibility index (Phi) is 7.08. The van der Waals surface area contributed by atoms with Gasteiger partial charge in [-0.25, -0.2) is 9.97 Å². The number of aryl methyl sites for hydroxylation is 2. The maximum absolute atomic E-state index is 13.8. The van der Waals surface area contributed by atoms with Gasteiger partial charge in [-0.3, -0.25) is 9.59 Å². The normalized spacial score (nSPS) is 26.9. The highest BCUT2D eigenvalue weighted by atomic mass is 16.5. The van der Waals surface area contributed by atoms with Gasteiger partial charge in [0.15, 0.2) is 5.82 Å². The van der Waals surface area contributed by atoms with Crippen molar-refractivity contribution >= 4 is 33.9 Å². The SMILES string of the molecule is COc1cc(C(=O)N2CC[C@H]3CCN[C@H]3C2)cc2nc(-c3cc4ccc5nc4n3CCCCC[C@@H]3C[C@H]3C(=O)N[C@@H]5C)n(C)c12. The van der Waals surface area contributed by atoms with Crippen molar-refractivity contribution in [1.29, 1.82) is 0 Å². The molecule has 2 bridgehead atoms. The minimum absolute atomic E-state index is 0.0345. The van der Waals surface area contributed by atoms with Gasteiger partial charge in [0.25, 0.3) is 5.91 Å². The monoisotopic (exact) mass is 609 g/mol. The summed E-state index contributed by atoms with van der Waals surface area (Å²) in [6, 6.07) is 10.3. The number of fused-ring (bicyclic) bond motifs is 4. The topological polar surface area (TPSA) is 106 Å². The number of imidazole rings is 1. The molecule has 10 nitrogen and oxygen atoms in total. The first-order valence-corrected chi connectivity index (χ1v) is 16.8. The summed E-state index contributed by atoms with van der Waals surface area (Å²) >= 11 is 0. The molecule has 3 fully saturated rings. The number of hydrogen-bond donors (Lipinski definition) is 2. The molecule has 3 aliphatic heterocycles. The third-order valence-electron chi connectivity index (χ3n) is 10.9. The van der Waals surface area contributed by atoms with Gasteiger partial charge in [-0.1, -0.05) is 12.8 Å². The van der Waals surface area contributed by atoms with Gasteiger partial charge >= 0.3 is 0 Å². The van der Waals surface area contributed by atoms with Gasteiger partial charge in [0.1, 0.15) is 16.9 Å². The number of pyridine rings is 1. The molecule has 2 N–H and O–H groups in total. The molecule has 2 saturated heterocycles. The van der Waals surface area contributed by atoms with E-state index in [-0.39, 0.29) is 23.8 Å². The van der Waals surface area contributed by atoms with E-state index >= 15 is 0 Å². The van der Waals surface area contributed by atoms with E-state index in [0.29, 0.717) is 29.2 Å². The van der Waals surface area contributed by atoms with E-state index in [4.69, 9.17) is 14.7 Å². The van der Waals surface area contributed by atoms with Crippen molar-refractivity contribution in [3.05, 3.63) is 41.6 Å². The summed E-state index contributed by atoms with van der Waals surface area (Å²) < 4.78 is 10.2. The summed E-state index contributed by atoms with van der Waals surface area (Å²) in [5.41, 5.74) is 4.98. The zero-order chi connectivity index (χ0) is 30.8. The van der Waals surface area contributed by atoms with Gasteiger partial charge in [-0.15, -0.1) is 0 Å². The van der Waals surface area contributed by atoms with Gasteiger partial charge in [-0.05, 0) is 87.7 Å². The molecule has 236 valence electrons. The van der Waals surface area contributed by atoms with Crippen molar-refractivity contribution < 1.29 is 14.3 Å². The fraction of sp³-hybridized carbons (Fsp3) is 0.543. The number of hydrogen-bond acceptors (Lipinski definition) is 6. The molecule has 4 aliphatic rings. The summed E-state index contributed by atoms with van der Waals surface area (Å²) in [4.78, 5) is 38.9. The smallest absolute Gasteiger partial charge is 0.254 e. The number of benzene rings is 1. The molecule has 45 heavy (non-hydrogen) atoms. The van der Waals surface area contributed by atoms with Crippen LogP contribution in [0.1, 0.15) is 74.0 Å². The number of rotatable bonds is 3. The number of amides is 2. The number of piperidine rings is 1. The average Bonchev–Trinajstić information content (AvgIpc) is 3.34. The highest BCUT2D eigenvalue weighted by Crippen LogP contribution is 2.43. The zero-order valence-corrected chi connectivity index (χ0v) is 26.5. The quantitative estimate of drug-likeness (QED) is 0.346. The van der Waals surface area contributed by atoms with Crippen LogP contribution in [0.2, 0.25) is 0 Å². The molecule has 5 atom stereocenters. The molecular weight excluding hydrogens is 566 g/mol. The number of likely N-dealkylation sites (tertiary alicyclic amines) is 1. The van der Waals surface area contributed by atoms with Crippen LogP contribution in [0.15, 0.2) is 30.3 Å². The van der Waals surface area contributed by atoms with Crippen molar-refractivity contribution in [2.75, 3.05) is 26.7 Å².